The Morgan fingerprint density at radius 1 is 1.29 bits per heavy atom. The summed E-state index contributed by atoms with van der Waals surface area (Å²) in [5.41, 5.74) is -4.90. The van der Waals surface area contributed by atoms with Gasteiger partial charge in [-0.1, -0.05) is 6.07 Å². The van der Waals surface area contributed by atoms with Gasteiger partial charge in [0.15, 0.2) is 0 Å². The van der Waals surface area contributed by atoms with Crippen LogP contribution in [0.5, 0.6) is 5.88 Å². The number of alkyl halides is 3. The van der Waals surface area contributed by atoms with Gasteiger partial charge in [-0.05, 0) is 19.1 Å². The van der Waals surface area contributed by atoms with E-state index in [9.17, 15) is 21.6 Å². The fraction of sp³-hybridized carbons (Fsp3) is 0.273. The molecule has 0 atom stereocenters. The number of halogens is 3. The van der Waals surface area contributed by atoms with E-state index < -0.39 is 21.5 Å². The third-order valence-electron chi connectivity index (χ3n) is 2.45. The predicted molar refractivity (Wildman–Crippen MR) is 66.7 cm³/mol. The molecule has 2 heterocycles. The summed E-state index contributed by atoms with van der Waals surface area (Å²) in [6.07, 6.45) is 1.48. The zero-order valence-electron chi connectivity index (χ0n) is 10.7. The maximum absolute atomic E-state index is 12.3. The SMILES string of the molecule is CCn1nc(-c2ccccn2)cc1OS(=O)(=O)C(F)(F)F. The van der Waals surface area contributed by atoms with E-state index in [1.165, 1.54) is 6.20 Å². The molecule has 0 unspecified atom stereocenters. The van der Waals surface area contributed by atoms with Crippen molar-refractivity contribution in [3.63, 3.8) is 0 Å². The van der Waals surface area contributed by atoms with Crippen LogP contribution in [0.4, 0.5) is 13.2 Å². The maximum atomic E-state index is 12.3. The van der Waals surface area contributed by atoms with Crippen molar-refractivity contribution in [1.82, 2.24) is 14.8 Å². The summed E-state index contributed by atoms with van der Waals surface area (Å²) >= 11 is 0. The van der Waals surface area contributed by atoms with Crippen LogP contribution in [0.3, 0.4) is 0 Å². The van der Waals surface area contributed by atoms with Gasteiger partial charge in [0.25, 0.3) is 0 Å². The molecule has 21 heavy (non-hydrogen) atoms. The maximum Gasteiger partial charge on any atom is 0.534 e. The molecule has 0 aliphatic rings. The zero-order chi connectivity index (χ0) is 15.7. The molecule has 2 aromatic rings. The highest BCUT2D eigenvalue weighted by atomic mass is 32.2. The van der Waals surface area contributed by atoms with Crippen molar-refractivity contribution in [2.75, 3.05) is 0 Å². The Labute approximate surface area is 118 Å². The molecule has 114 valence electrons. The molecular weight excluding hydrogens is 311 g/mol. The van der Waals surface area contributed by atoms with E-state index in [-0.39, 0.29) is 12.2 Å². The Morgan fingerprint density at radius 3 is 2.52 bits per heavy atom. The summed E-state index contributed by atoms with van der Waals surface area (Å²) in [5.74, 6) is -0.518. The number of aromatic nitrogens is 3. The van der Waals surface area contributed by atoms with Gasteiger partial charge in [-0.15, -0.1) is 0 Å². The number of aryl methyl sites for hydroxylation is 1. The second-order valence-electron chi connectivity index (χ2n) is 3.88. The normalized spacial score (nSPS) is 12.4. The first-order chi connectivity index (χ1) is 9.74. The fourth-order valence-corrected chi connectivity index (χ4v) is 1.95. The average Bonchev–Trinajstić information content (AvgIpc) is 2.81. The number of hydrogen-bond donors (Lipinski definition) is 0. The van der Waals surface area contributed by atoms with Crippen LogP contribution in [0.25, 0.3) is 11.4 Å². The first kappa shape index (κ1) is 15.3. The van der Waals surface area contributed by atoms with Crippen LogP contribution < -0.4 is 4.18 Å². The molecule has 0 fully saturated rings. The first-order valence-corrected chi connectivity index (χ1v) is 7.15. The quantitative estimate of drug-likeness (QED) is 0.637. The van der Waals surface area contributed by atoms with Crippen LogP contribution in [0, 0.1) is 0 Å². The fourth-order valence-electron chi connectivity index (χ4n) is 1.49. The van der Waals surface area contributed by atoms with E-state index in [2.05, 4.69) is 14.3 Å². The van der Waals surface area contributed by atoms with Crippen LogP contribution >= 0.6 is 0 Å². The van der Waals surface area contributed by atoms with Gasteiger partial charge < -0.3 is 4.18 Å². The summed E-state index contributed by atoms with van der Waals surface area (Å²) < 4.78 is 64.2. The molecule has 0 bridgehead atoms. The van der Waals surface area contributed by atoms with Gasteiger partial charge in [-0.25, -0.2) is 4.68 Å². The zero-order valence-corrected chi connectivity index (χ0v) is 11.5. The Balaban J connectivity index is 2.40. The molecule has 0 radical (unpaired) electrons. The molecule has 2 rings (SSSR count). The van der Waals surface area contributed by atoms with Gasteiger partial charge in [0.05, 0.1) is 5.69 Å². The number of pyridine rings is 1. The summed E-state index contributed by atoms with van der Waals surface area (Å²) in [4.78, 5) is 3.98. The number of rotatable bonds is 4. The Bertz CT molecular complexity index is 726. The van der Waals surface area contributed by atoms with Crippen molar-refractivity contribution in [2.24, 2.45) is 0 Å². The van der Waals surface area contributed by atoms with Crippen molar-refractivity contribution >= 4 is 10.1 Å². The second kappa shape index (κ2) is 5.35. The van der Waals surface area contributed by atoms with Gasteiger partial charge >= 0.3 is 15.6 Å². The number of hydrogen-bond acceptors (Lipinski definition) is 5. The van der Waals surface area contributed by atoms with Crippen molar-refractivity contribution in [1.29, 1.82) is 0 Å². The Kier molecular flexibility index (Phi) is 3.90. The molecule has 0 aliphatic heterocycles. The Hall–Kier alpha value is -2.10. The topological polar surface area (TPSA) is 74.1 Å². The largest absolute Gasteiger partial charge is 0.534 e. The summed E-state index contributed by atoms with van der Waals surface area (Å²) in [6, 6.07) is 6.01. The monoisotopic (exact) mass is 321 g/mol. The highest BCUT2D eigenvalue weighted by molar-refractivity contribution is 7.87. The second-order valence-corrected chi connectivity index (χ2v) is 5.42. The summed E-state index contributed by atoms with van der Waals surface area (Å²) in [5, 5.41) is 3.96. The third kappa shape index (κ3) is 3.15. The number of nitrogens with zero attached hydrogens (tertiary/aromatic N) is 3. The lowest BCUT2D eigenvalue weighted by Gasteiger charge is -2.09. The lowest BCUT2D eigenvalue weighted by Crippen LogP contribution is -2.28. The molecule has 0 spiro atoms. The minimum absolute atomic E-state index is 0.134. The summed E-state index contributed by atoms with van der Waals surface area (Å²) in [6.45, 7) is 1.72. The van der Waals surface area contributed by atoms with Gasteiger partial charge in [0.2, 0.25) is 5.88 Å². The predicted octanol–water partition coefficient (Wildman–Crippen LogP) is 2.19. The molecule has 6 nitrogen and oxygen atoms in total. The third-order valence-corrected chi connectivity index (χ3v) is 3.41. The van der Waals surface area contributed by atoms with Crippen LogP contribution in [-0.4, -0.2) is 28.7 Å². The minimum atomic E-state index is -5.73. The van der Waals surface area contributed by atoms with Gasteiger partial charge in [-0.3, -0.25) is 4.98 Å². The van der Waals surface area contributed by atoms with E-state index in [0.29, 0.717) is 5.69 Å². The molecule has 0 N–H and O–H groups in total. The average molecular weight is 321 g/mol. The van der Waals surface area contributed by atoms with Gasteiger partial charge in [0.1, 0.15) is 5.69 Å². The molecule has 10 heteroatoms. The lowest BCUT2D eigenvalue weighted by molar-refractivity contribution is -0.0502. The molecule has 0 amide bonds. The molecule has 0 aliphatic carbocycles. The van der Waals surface area contributed by atoms with E-state index in [1.54, 1.807) is 25.1 Å². The van der Waals surface area contributed by atoms with E-state index in [1.807, 2.05) is 0 Å². The van der Waals surface area contributed by atoms with E-state index in [4.69, 9.17) is 0 Å². The standard InChI is InChI=1S/C11H10F3N3O3S/c1-2-17-10(20-21(18,19)11(12,13)14)7-9(16-17)8-5-3-4-6-15-8/h3-7H,2H2,1H3. The highest BCUT2D eigenvalue weighted by Crippen LogP contribution is 2.29. The van der Waals surface area contributed by atoms with Gasteiger partial charge in [0, 0.05) is 18.8 Å². The summed E-state index contributed by atoms with van der Waals surface area (Å²) in [7, 11) is -5.73. The first-order valence-electron chi connectivity index (χ1n) is 5.74. The Morgan fingerprint density at radius 2 is 2.00 bits per heavy atom. The van der Waals surface area contributed by atoms with E-state index >= 15 is 0 Å². The van der Waals surface area contributed by atoms with Crippen LogP contribution in [0.15, 0.2) is 30.5 Å². The molecular formula is C11H10F3N3O3S. The lowest BCUT2D eigenvalue weighted by atomic mass is 10.3. The molecule has 0 saturated heterocycles. The van der Waals surface area contributed by atoms with Crippen molar-refractivity contribution in [3.8, 4) is 17.3 Å². The smallest absolute Gasteiger partial charge is 0.355 e. The van der Waals surface area contributed by atoms with Crippen molar-refractivity contribution < 1.29 is 25.8 Å². The van der Waals surface area contributed by atoms with Gasteiger partial charge in [-0.2, -0.15) is 26.7 Å². The molecule has 0 saturated carbocycles. The van der Waals surface area contributed by atoms with Crippen LogP contribution in [0.2, 0.25) is 0 Å². The molecule has 0 aromatic carbocycles. The van der Waals surface area contributed by atoms with E-state index in [0.717, 1.165) is 10.7 Å². The van der Waals surface area contributed by atoms with Crippen LogP contribution in [-0.2, 0) is 16.7 Å². The minimum Gasteiger partial charge on any atom is -0.355 e. The van der Waals surface area contributed by atoms with Crippen LogP contribution in [0.1, 0.15) is 6.92 Å². The van der Waals surface area contributed by atoms with Crippen molar-refractivity contribution in [3.05, 3.63) is 30.5 Å². The molecule has 2 aromatic heterocycles. The highest BCUT2D eigenvalue weighted by Gasteiger charge is 2.49. The van der Waals surface area contributed by atoms with Crippen molar-refractivity contribution in [2.45, 2.75) is 19.0 Å².